The number of fused-ring (bicyclic) bond motifs is 3. The number of hydrogen-bond acceptors (Lipinski definition) is 1. The van der Waals surface area contributed by atoms with Crippen molar-refractivity contribution >= 4 is 34.2 Å². The first-order chi connectivity index (χ1) is 9.90. The van der Waals surface area contributed by atoms with Crippen molar-refractivity contribution in [2.75, 3.05) is 0 Å². The highest BCUT2D eigenvalue weighted by molar-refractivity contribution is 6.04. The van der Waals surface area contributed by atoms with E-state index in [1.165, 1.54) is 0 Å². The Kier molecular flexibility index (Phi) is 2.46. The van der Waals surface area contributed by atoms with Gasteiger partial charge in [-0.1, -0.05) is 48.5 Å². The van der Waals surface area contributed by atoms with Gasteiger partial charge in [0.15, 0.2) is 5.58 Å². The molecular formula is C18H13NO. The molecule has 2 aromatic carbocycles. The van der Waals surface area contributed by atoms with E-state index in [0.29, 0.717) is 0 Å². The molecule has 0 radical (unpaired) electrons. The zero-order chi connectivity index (χ0) is 13.4. The predicted molar refractivity (Wildman–Crippen MR) is 83.4 cm³/mol. The molecule has 2 aromatic heterocycles. The van der Waals surface area contributed by atoms with Gasteiger partial charge < -0.3 is 9.40 Å². The Labute approximate surface area is 116 Å². The molecule has 0 aliphatic rings. The highest BCUT2D eigenvalue weighted by Crippen LogP contribution is 2.28. The number of nitrogens with one attached hydrogen (secondary N) is 1. The van der Waals surface area contributed by atoms with Crippen molar-refractivity contribution in [2.45, 2.75) is 0 Å². The Balaban J connectivity index is 1.76. The summed E-state index contributed by atoms with van der Waals surface area (Å²) in [7, 11) is 0. The molecule has 0 saturated carbocycles. The summed E-state index contributed by atoms with van der Waals surface area (Å²) in [6.45, 7) is 0. The van der Waals surface area contributed by atoms with E-state index in [1.54, 1.807) is 0 Å². The highest BCUT2D eigenvalue weighted by atomic mass is 16.3. The van der Waals surface area contributed by atoms with Gasteiger partial charge in [-0.05, 0) is 23.8 Å². The molecule has 0 atom stereocenters. The van der Waals surface area contributed by atoms with E-state index in [2.05, 4.69) is 35.3 Å². The largest absolute Gasteiger partial charge is 0.454 e. The van der Waals surface area contributed by atoms with Crippen molar-refractivity contribution in [2.24, 2.45) is 0 Å². The molecular weight excluding hydrogens is 246 g/mol. The number of H-pyrrole nitrogens is 1. The Morgan fingerprint density at radius 2 is 1.60 bits per heavy atom. The third-order valence-corrected chi connectivity index (χ3v) is 3.43. The van der Waals surface area contributed by atoms with Crippen LogP contribution in [0.15, 0.2) is 65.1 Å². The first-order valence-electron chi connectivity index (χ1n) is 6.63. The summed E-state index contributed by atoms with van der Waals surface area (Å²) in [6, 6.07) is 20.4. The van der Waals surface area contributed by atoms with E-state index in [0.717, 1.165) is 33.3 Å². The molecule has 2 heterocycles. The molecule has 0 unspecified atom stereocenters. The van der Waals surface area contributed by atoms with Gasteiger partial charge in [0.2, 0.25) is 0 Å². The summed E-state index contributed by atoms with van der Waals surface area (Å²) in [5.41, 5.74) is 4.24. The molecule has 4 aromatic rings. The summed E-state index contributed by atoms with van der Waals surface area (Å²) in [5, 5.41) is 1.13. The van der Waals surface area contributed by atoms with Crippen molar-refractivity contribution in [3.8, 4) is 0 Å². The van der Waals surface area contributed by atoms with Gasteiger partial charge in [0.25, 0.3) is 0 Å². The molecule has 0 amide bonds. The highest BCUT2D eigenvalue weighted by Gasteiger charge is 2.08. The molecule has 0 fully saturated rings. The van der Waals surface area contributed by atoms with Crippen LogP contribution in [0.3, 0.4) is 0 Å². The van der Waals surface area contributed by atoms with Crippen LogP contribution in [-0.4, -0.2) is 4.98 Å². The third-order valence-electron chi connectivity index (χ3n) is 3.43. The number of aromatic nitrogens is 1. The molecule has 0 bridgehead atoms. The van der Waals surface area contributed by atoms with E-state index in [9.17, 15) is 0 Å². The number of benzene rings is 2. The Morgan fingerprint density at radius 1 is 0.800 bits per heavy atom. The van der Waals surface area contributed by atoms with Gasteiger partial charge >= 0.3 is 0 Å². The van der Waals surface area contributed by atoms with Gasteiger partial charge in [0.1, 0.15) is 5.76 Å². The van der Waals surface area contributed by atoms with Crippen molar-refractivity contribution < 1.29 is 4.42 Å². The van der Waals surface area contributed by atoms with Crippen LogP contribution >= 0.6 is 0 Å². The molecule has 0 aliphatic carbocycles. The lowest BCUT2D eigenvalue weighted by Crippen LogP contribution is -1.69. The van der Waals surface area contributed by atoms with Crippen LogP contribution in [0.1, 0.15) is 11.3 Å². The molecule has 20 heavy (non-hydrogen) atoms. The zero-order valence-electron chi connectivity index (χ0n) is 10.8. The standard InChI is InChI=1S/C18H13NO/c1-2-6-13(7-3-1)10-11-14-12-17-18(20-14)15-8-4-5-9-16(15)19-17/h1-12,19H/b11-10+. The summed E-state index contributed by atoms with van der Waals surface area (Å²) in [6.07, 6.45) is 4.05. The normalized spacial score (nSPS) is 11.8. The number of hydrogen-bond donors (Lipinski definition) is 1. The van der Waals surface area contributed by atoms with Crippen LogP contribution in [0.2, 0.25) is 0 Å². The first-order valence-corrected chi connectivity index (χ1v) is 6.63. The fourth-order valence-electron chi connectivity index (χ4n) is 2.46. The van der Waals surface area contributed by atoms with Crippen molar-refractivity contribution in [3.05, 3.63) is 72.0 Å². The van der Waals surface area contributed by atoms with Crippen LogP contribution in [0, 0.1) is 0 Å². The van der Waals surface area contributed by atoms with E-state index in [-0.39, 0.29) is 0 Å². The maximum Gasteiger partial charge on any atom is 0.160 e. The number of rotatable bonds is 2. The maximum absolute atomic E-state index is 5.92. The smallest absolute Gasteiger partial charge is 0.160 e. The van der Waals surface area contributed by atoms with Gasteiger partial charge in [0.05, 0.1) is 5.52 Å². The van der Waals surface area contributed by atoms with Crippen molar-refractivity contribution in [3.63, 3.8) is 0 Å². The molecule has 0 saturated heterocycles. The van der Waals surface area contributed by atoms with Gasteiger partial charge in [0, 0.05) is 17.0 Å². The Bertz CT molecular complexity index is 897. The fourth-order valence-corrected chi connectivity index (χ4v) is 2.46. The second-order valence-electron chi connectivity index (χ2n) is 4.81. The topological polar surface area (TPSA) is 28.9 Å². The predicted octanol–water partition coefficient (Wildman–Crippen LogP) is 5.08. The fraction of sp³-hybridized carbons (Fsp3) is 0. The Morgan fingerprint density at radius 3 is 2.50 bits per heavy atom. The van der Waals surface area contributed by atoms with E-state index < -0.39 is 0 Å². The molecule has 4 rings (SSSR count). The maximum atomic E-state index is 5.92. The molecule has 0 aliphatic heterocycles. The summed E-state index contributed by atoms with van der Waals surface area (Å²) < 4.78 is 5.92. The van der Waals surface area contributed by atoms with Crippen molar-refractivity contribution in [1.82, 2.24) is 4.98 Å². The molecule has 2 nitrogen and oxygen atoms in total. The van der Waals surface area contributed by atoms with Gasteiger partial charge in [-0.2, -0.15) is 0 Å². The quantitative estimate of drug-likeness (QED) is 0.534. The summed E-state index contributed by atoms with van der Waals surface area (Å²) >= 11 is 0. The van der Waals surface area contributed by atoms with E-state index >= 15 is 0 Å². The Hall–Kier alpha value is -2.74. The summed E-state index contributed by atoms with van der Waals surface area (Å²) in [5.74, 6) is 0.862. The van der Waals surface area contributed by atoms with Crippen LogP contribution in [0.5, 0.6) is 0 Å². The second kappa shape index (κ2) is 4.42. The second-order valence-corrected chi connectivity index (χ2v) is 4.81. The minimum Gasteiger partial charge on any atom is -0.454 e. The minimum atomic E-state index is 0.862. The molecule has 2 heteroatoms. The van der Waals surface area contributed by atoms with Gasteiger partial charge in [-0.25, -0.2) is 0 Å². The van der Waals surface area contributed by atoms with E-state index in [1.807, 2.05) is 42.5 Å². The summed E-state index contributed by atoms with van der Waals surface area (Å²) in [4.78, 5) is 3.37. The van der Waals surface area contributed by atoms with Crippen LogP contribution in [0.4, 0.5) is 0 Å². The third kappa shape index (κ3) is 1.82. The number of furan rings is 1. The first kappa shape index (κ1) is 11.1. The van der Waals surface area contributed by atoms with Gasteiger partial charge in [-0.15, -0.1) is 0 Å². The average Bonchev–Trinajstić information content (AvgIpc) is 3.03. The van der Waals surface area contributed by atoms with Gasteiger partial charge in [-0.3, -0.25) is 0 Å². The molecule has 0 spiro atoms. The monoisotopic (exact) mass is 259 g/mol. The van der Waals surface area contributed by atoms with Crippen LogP contribution in [-0.2, 0) is 0 Å². The number of aromatic amines is 1. The van der Waals surface area contributed by atoms with E-state index in [4.69, 9.17) is 4.42 Å². The molecule has 96 valence electrons. The van der Waals surface area contributed by atoms with Crippen LogP contribution < -0.4 is 0 Å². The number of para-hydroxylation sites is 1. The minimum absolute atomic E-state index is 0.862. The average molecular weight is 259 g/mol. The van der Waals surface area contributed by atoms with Crippen LogP contribution in [0.25, 0.3) is 34.2 Å². The zero-order valence-corrected chi connectivity index (χ0v) is 10.8. The lowest BCUT2D eigenvalue weighted by molar-refractivity contribution is 0.608. The lowest BCUT2D eigenvalue weighted by Gasteiger charge is -1.90. The lowest BCUT2D eigenvalue weighted by atomic mass is 10.2. The van der Waals surface area contributed by atoms with Crippen molar-refractivity contribution in [1.29, 1.82) is 0 Å². The SMILES string of the molecule is C(=C\c1cc2[nH]c3ccccc3c2o1)/c1ccccc1. The molecule has 1 N–H and O–H groups in total.